The Morgan fingerprint density at radius 1 is 1.05 bits per heavy atom. The molecule has 22 heavy (non-hydrogen) atoms. The van der Waals surface area contributed by atoms with E-state index in [1.165, 1.54) is 23.2 Å². The van der Waals surface area contributed by atoms with Gasteiger partial charge in [-0.3, -0.25) is 0 Å². The van der Waals surface area contributed by atoms with Crippen molar-refractivity contribution in [3.63, 3.8) is 0 Å². The first-order valence-electron chi connectivity index (χ1n) is 7.02. The number of rotatable bonds is 2. The molecule has 0 saturated heterocycles. The van der Waals surface area contributed by atoms with Gasteiger partial charge in [0.15, 0.2) is 0 Å². The molecule has 0 bridgehead atoms. The zero-order valence-electron chi connectivity index (χ0n) is 11.5. The van der Waals surface area contributed by atoms with Crippen LogP contribution >= 0.6 is 0 Å². The second-order valence-corrected chi connectivity index (χ2v) is 5.58. The Kier molecular flexibility index (Phi) is 3.70. The van der Waals surface area contributed by atoms with Crippen LogP contribution < -0.4 is 0 Å². The zero-order chi connectivity index (χ0) is 15.9. The van der Waals surface area contributed by atoms with Gasteiger partial charge in [-0.1, -0.05) is 18.2 Å². The highest BCUT2D eigenvalue weighted by atomic mass is 19.4. The van der Waals surface area contributed by atoms with E-state index in [2.05, 4.69) is 0 Å². The highest BCUT2D eigenvalue weighted by molar-refractivity contribution is 5.28. The third-order valence-electron chi connectivity index (χ3n) is 4.30. The van der Waals surface area contributed by atoms with Crippen molar-refractivity contribution in [1.82, 2.24) is 4.90 Å². The number of hydrogen-bond acceptors (Lipinski definition) is 1. The van der Waals surface area contributed by atoms with E-state index < -0.39 is 29.9 Å². The fourth-order valence-corrected chi connectivity index (χ4v) is 3.11. The predicted octanol–water partition coefficient (Wildman–Crippen LogP) is 4.53. The van der Waals surface area contributed by atoms with Crippen molar-refractivity contribution < 1.29 is 22.0 Å². The zero-order valence-corrected chi connectivity index (χ0v) is 11.5. The van der Waals surface area contributed by atoms with Gasteiger partial charge >= 0.3 is 6.18 Å². The number of nitrogens with zero attached hydrogens (tertiary/aromatic N) is 1. The molecule has 1 aromatic carbocycles. The number of hydrogen-bond donors (Lipinski definition) is 0. The van der Waals surface area contributed by atoms with Crippen molar-refractivity contribution in [2.45, 2.75) is 37.0 Å². The molecule has 1 saturated carbocycles. The first kappa shape index (κ1) is 15.1. The molecule has 1 aliphatic heterocycles. The number of allylic oxidation sites excluding steroid dienone is 2. The first-order chi connectivity index (χ1) is 10.4. The molecule has 0 amide bonds. The second kappa shape index (κ2) is 5.41. The van der Waals surface area contributed by atoms with Crippen LogP contribution in [-0.2, 0) is 0 Å². The van der Waals surface area contributed by atoms with Gasteiger partial charge in [0.25, 0.3) is 0 Å². The Morgan fingerprint density at radius 2 is 1.82 bits per heavy atom. The minimum absolute atomic E-state index is 0.279. The van der Waals surface area contributed by atoms with Crippen molar-refractivity contribution in [2.24, 2.45) is 0 Å². The molecule has 1 heterocycles. The van der Waals surface area contributed by atoms with Crippen molar-refractivity contribution in [3.05, 3.63) is 59.8 Å². The van der Waals surface area contributed by atoms with E-state index in [0.717, 1.165) is 18.2 Å². The molecular weight excluding hydrogens is 301 g/mol. The normalized spacial score (nSPS) is 27.9. The van der Waals surface area contributed by atoms with E-state index >= 15 is 0 Å². The number of benzene rings is 1. The Labute approximate surface area is 124 Å². The third-order valence-corrected chi connectivity index (χ3v) is 4.30. The molecule has 3 atom stereocenters. The molecule has 1 fully saturated rings. The van der Waals surface area contributed by atoms with E-state index in [1.807, 2.05) is 0 Å². The Hall–Kier alpha value is -1.85. The summed E-state index contributed by atoms with van der Waals surface area (Å²) in [5, 5.41) is 0. The van der Waals surface area contributed by atoms with Crippen LogP contribution in [0.3, 0.4) is 0 Å². The van der Waals surface area contributed by atoms with Crippen LogP contribution in [0.15, 0.2) is 42.6 Å². The summed E-state index contributed by atoms with van der Waals surface area (Å²) in [6.07, 6.45) is 2.15. The highest BCUT2D eigenvalue weighted by Gasteiger charge is 2.48. The summed E-state index contributed by atoms with van der Waals surface area (Å²) in [6.45, 7) is 0. The molecule has 3 rings (SSSR count). The molecular formula is C16H14F5N. The average Bonchev–Trinajstić information content (AvgIpc) is 2.40. The van der Waals surface area contributed by atoms with Crippen LogP contribution in [0.4, 0.5) is 22.0 Å². The van der Waals surface area contributed by atoms with E-state index in [-0.39, 0.29) is 11.5 Å². The van der Waals surface area contributed by atoms with Crippen molar-refractivity contribution in [1.29, 1.82) is 0 Å². The van der Waals surface area contributed by atoms with Gasteiger partial charge < -0.3 is 4.90 Å². The van der Waals surface area contributed by atoms with Crippen LogP contribution in [0.5, 0.6) is 0 Å². The Morgan fingerprint density at radius 3 is 2.41 bits per heavy atom. The Bertz CT molecular complexity index is 619. The summed E-state index contributed by atoms with van der Waals surface area (Å²) in [5.74, 6) is -1.75. The SMILES string of the molecule is Fc1ccc([C@@H]2CC[C@@H]2N2C=CC=CC2C(F)(F)F)c(F)c1. The lowest BCUT2D eigenvalue weighted by molar-refractivity contribution is -0.173. The van der Waals surface area contributed by atoms with Gasteiger partial charge in [-0.25, -0.2) is 8.78 Å². The van der Waals surface area contributed by atoms with Gasteiger partial charge in [0.1, 0.15) is 17.7 Å². The lowest BCUT2D eigenvalue weighted by atomic mass is 9.73. The van der Waals surface area contributed by atoms with Gasteiger partial charge in [0.2, 0.25) is 0 Å². The second-order valence-electron chi connectivity index (χ2n) is 5.58. The number of halogens is 5. The number of alkyl halides is 3. The average molecular weight is 315 g/mol. The van der Waals surface area contributed by atoms with Crippen molar-refractivity contribution in [2.75, 3.05) is 0 Å². The van der Waals surface area contributed by atoms with Crippen LogP contribution in [0.25, 0.3) is 0 Å². The minimum atomic E-state index is -4.39. The molecule has 0 spiro atoms. The van der Waals surface area contributed by atoms with Crippen molar-refractivity contribution >= 4 is 0 Å². The van der Waals surface area contributed by atoms with Crippen LogP contribution in [0.1, 0.15) is 24.3 Å². The van der Waals surface area contributed by atoms with Gasteiger partial charge in [-0.05, 0) is 30.5 Å². The largest absolute Gasteiger partial charge is 0.412 e. The summed E-state index contributed by atoms with van der Waals surface area (Å²) in [5.41, 5.74) is 0.279. The summed E-state index contributed by atoms with van der Waals surface area (Å²) in [6, 6.07) is 1.11. The van der Waals surface area contributed by atoms with Gasteiger partial charge in [0, 0.05) is 24.2 Å². The standard InChI is InChI=1S/C16H14F5N/c17-10-4-5-11(13(18)9-10)12-6-7-14(12)22-8-2-1-3-15(22)16(19,20)21/h1-5,8-9,12,14-15H,6-7H2/t12-,14-,15?/m0/s1. The molecule has 1 aromatic rings. The molecule has 0 radical (unpaired) electrons. The first-order valence-corrected chi connectivity index (χ1v) is 7.02. The maximum absolute atomic E-state index is 13.9. The molecule has 1 nitrogen and oxygen atoms in total. The van der Waals surface area contributed by atoms with Gasteiger partial charge in [-0.2, -0.15) is 13.2 Å². The monoisotopic (exact) mass is 315 g/mol. The lowest BCUT2D eigenvalue weighted by Crippen LogP contribution is -2.53. The van der Waals surface area contributed by atoms with Crippen LogP contribution in [-0.4, -0.2) is 23.2 Å². The van der Waals surface area contributed by atoms with E-state index in [9.17, 15) is 22.0 Å². The third kappa shape index (κ3) is 2.62. The highest BCUT2D eigenvalue weighted by Crippen LogP contribution is 2.44. The smallest absolute Gasteiger partial charge is 0.359 e. The Balaban J connectivity index is 1.86. The molecule has 118 valence electrons. The van der Waals surface area contributed by atoms with Gasteiger partial charge in [0.05, 0.1) is 0 Å². The molecule has 1 aliphatic carbocycles. The summed E-state index contributed by atoms with van der Waals surface area (Å²) >= 11 is 0. The predicted molar refractivity (Wildman–Crippen MR) is 72.1 cm³/mol. The molecule has 0 aromatic heterocycles. The van der Waals surface area contributed by atoms with E-state index in [4.69, 9.17) is 0 Å². The van der Waals surface area contributed by atoms with E-state index in [0.29, 0.717) is 12.8 Å². The maximum Gasteiger partial charge on any atom is 0.412 e. The molecule has 1 unspecified atom stereocenters. The fraction of sp³-hybridized carbons (Fsp3) is 0.375. The molecule has 6 heteroatoms. The van der Waals surface area contributed by atoms with E-state index in [1.54, 1.807) is 6.08 Å². The maximum atomic E-state index is 13.9. The van der Waals surface area contributed by atoms with Crippen molar-refractivity contribution in [3.8, 4) is 0 Å². The minimum Gasteiger partial charge on any atom is -0.359 e. The topological polar surface area (TPSA) is 3.24 Å². The fourth-order valence-electron chi connectivity index (χ4n) is 3.11. The molecule has 0 N–H and O–H groups in total. The quantitative estimate of drug-likeness (QED) is 0.725. The lowest BCUT2D eigenvalue weighted by Gasteiger charge is -2.48. The summed E-state index contributed by atoms with van der Waals surface area (Å²) < 4.78 is 66.2. The summed E-state index contributed by atoms with van der Waals surface area (Å²) in [7, 11) is 0. The molecule has 2 aliphatic rings. The van der Waals surface area contributed by atoms with Crippen LogP contribution in [0, 0.1) is 11.6 Å². The summed E-state index contributed by atoms with van der Waals surface area (Å²) in [4.78, 5) is 1.23. The van der Waals surface area contributed by atoms with Gasteiger partial charge in [-0.15, -0.1) is 0 Å². The van der Waals surface area contributed by atoms with Crippen LogP contribution in [0.2, 0.25) is 0 Å².